The van der Waals surface area contributed by atoms with E-state index in [0.29, 0.717) is 6.04 Å². The highest BCUT2D eigenvalue weighted by Crippen LogP contribution is 2.44. The van der Waals surface area contributed by atoms with Gasteiger partial charge in [0.05, 0.1) is 0 Å². The molecule has 2 aliphatic rings. The Morgan fingerprint density at radius 3 is 2.58 bits per heavy atom. The van der Waals surface area contributed by atoms with E-state index in [2.05, 4.69) is 54.4 Å². The molecule has 2 aromatic rings. The highest BCUT2D eigenvalue weighted by Gasteiger charge is 2.31. The SMILES string of the molecule is CN1CCc2cccc3c2[C@@H]1Cc1ccccc1-3.Cl. The fourth-order valence-electron chi connectivity index (χ4n) is 3.56. The summed E-state index contributed by atoms with van der Waals surface area (Å²) in [6, 6.07) is 16.3. The van der Waals surface area contributed by atoms with Gasteiger partial charge in [0.2, 0.25) is 0 Å². The standard InChI is InChI=1S/C17H17N.ClH/c1-18-10-9-12-6-4-8-15-14-7-3-2-5-13(14)11-16(18)17(12)15;/h2-8,16H,9-11H2,1H3;1H/t16-;/m0./s1. The summed E-state index contributed by atoms with van der Waals surface area (Å²) in [5, 5.41) is 0. The Kier molecular flexibility index (Phi) is 3.12. The van der Waals surface area contributed by atoms with Crippen molar-refractivity contribution in [3.8, 4) is 11.1 Å². The first-order valence-electron chi connectivity index (χ1n) is 6.75. The van der Waals surface area contributed by atoms with Crippen LogP contribution in [0.15, 0.2) is 42.5 Å². The van der Waals surface area contributed by atoms with Gasteiger partial charge in [-0.1, -0.05) is 42.5 Å². The number of halogens is 1. The van der Waals surface area contributed by atoms with Crippen LogP contribution in [0.1, 0.15) is 22.7 Å². The highest BCUT2D eigenvalue weighted by atomic mass is 35.5. The monoisotopic (exact) mass is 271 g/mol. The van der Waals surface area contributed by atoms with E-state index in [4.69, 9.17) is 0 Å². The Morgan fingerprint density at radius 2 is 1.68 bits per heavy atom. The molecule has 2 aromatic carbocycles. The Labute approximate surface area is 120 Å². The molecule has 1 nitrogen and oxygen atoms in total. The summed E-state index contributed by atoms with van der Waals surface area (Å²) in [4.78, 5) is 2.52. The minimum atomic E-state index is 0. The number of hydrogen-bond donors (Lipinski definition) is 0. The largest absolute Gasteiger partial charge is 0.299 e. The summed E-state index contributed by atoms with van der Waals surface area (Å²) in [5.74, 6) is 0. The molecule has 0 bridgehead atoms. The Hall–Kier alpha value is -1.31. The summed E-state index contributed by atoms with van der Waals surface area (Å²) in [6.07, 6.45) is 2.36. The number of fused-ring (bicyclic) bond motifs is 2. The normalized spacial score (nSPS) is 20.2. The number of benzene rings is 2. The molecule has 2 heteroatoms. The van der Waals surface area contributed by atoms with E-state index < -0.39 is 0 Å². The summed E-state index contributed by atoms with van der Waals surface area (Å²) in [5.41, 5.74) is 7.56. The third-order valence-electron chi connectivity index (χ3n) is 4.52. The summed E-state index contributed by atoms with van der Waals surface area (Å²) < 4.78 is 0. The van der Waals surface area contributed by atoms with Crippen molar-refractivity contribution in [3.63, 3.8) is 0 Å². The van der Waals surface area contributed by atoms with Gasteiger partial charge in [-0.05, 0) is 47.7 Å². The van der Waals surface area contributed by atoms with Crippen LogP contribution in [0.3, 0.4) is 0 Å². The maximum absolute atomic E-state index is 2.52. The molecule has 98 valence electrons. The second-order valence-corrected chi connectivity index (χ2v) is 5.49. The van der Waals surface area contributed by atoms with E-state index in [1.54, 1.807) is 11.1 Å². The molecule has 19 heavy (non-hydrogen) atoms. The van der Waals surface area contributed by atoms with Crippen LogP contribution < -0.4 is 0 Å². The molecule has 0 amide bonds. The minimum Gasteiger partial charge on any atom is -0.299 e. The zero-order chi connectivity index (χ0) is 12.1. The van der Waals surface area contributed by atoms with Gasteiger partial charge in [0, 0.05) is 12.6 Å². The predicted octanol–water partition coefficient (Wildman–Crippen LogP) is 3.86. The fourth-order valence-corrected chi connectivity index (χ4v) is 3.56. The maximum atomic E-state index is 2.52. The van der Waals surface area contributed by atoms with Crippen LogP contribution in [0, 0.1) is 0 Å². The minimum absolute atomic E-state index is 0. The van der Waals surface area contributed by atoms with Gasteiger partial charge in [-0.15, -0.1) is 12.4 Å². The van der Waals surface area contributed by atoms with Crippen LogP contribution in [0.25, 0.3) is 11.1 Å². The highest BCUT2D eigenvalue weighted by molar-refractivity contribution is 5.85. The van der Waals surface area contributed by atoms with Gasteiger partial charge in [0.15, 0.2) is 0 Å². The molecule has 1 atom stereocenters. The molecule has 0 saturated heterocycles. The van der Waals surface area contributed by atoms with E-state index in [1.807, 2.05) is 0 Å². The van der Waals surface area contributed by atoms with E-state index in [1.165, 1.54) is 29.7 Å². The zero-order valence-corrected chi connectivity index (χ0v) is 11.9. The van der Waals surface area contributed by atoms with E-state index in [9.17, 15) is 0 Å². The van der Waals surface area contributed by atoms with Crippen molar-refractivity contribution in [1.82, 2.24) is 4.90 Å². The lowest BCUT2D eigenvalue weighted by Crippen LogP contribution is -2.35. The number of rotatable bonds is 0. The first kappa shape index (κ1) is 12.7. The Balaban J connectivity index is 0.00000110. The predicted molar refractivity (Wildman–Crippen MR) is 81.9 cm³/mol. The molecular weight excluding hydrogens is 254 g/mol. The molecule has 0 fully saturated rings. The van der Waals surface area contributed by atoms with Crippen molar-refractivity contribution in [3.05, 3.63) is 59.2 Å². The molecule has 0 saturated carbocycles. The van der Waals surface area contributed by atoms with Crippen molar-refractivity contribution in [2.45, 2.75) is 18.9 Å². The molecule has 1 aliphatic carbocycles. The molecule has 0 N–H and O–H groups in total. The summed E-state index contributed by atoms with van der Waals surface area (Å²) in [7, 11) is 2.26. The number of hydrogen-bond acceptors (Lipinski definition) is 1. The van der Waals surface area contributed by atoms with Gasteiger partial charge >= 0.3 is 0 Å². The van der Waals surface area contributed by atoms with Gasteiger partial charge in [-0.25, -0.2) is 0 Å². The average molecular weight is 272 g/mol. The van der Waals surface area contributed by atoms with E-state index >= 15 is 0 Å². The lowest BCUT2D eigenvalue weighted by molar-refractivity contribution is 0.228. The summed E-state index contributed by atoms with van der Waals surface area (Å²) >= 11 is 0. The number of nitrogens with zero attached hydrogens (tertiary/aromatic N) is 1. The smallest absolute Gasteiger partial charge is 0.0394 e. The first-order chi connectivity index (χ1) is 8.84. The number of likely N-dealkylation sites (N-methyl/N-ethyl adjacent to an activating group) is 1. The lowest BCUT2D eigenvalue weighted by atomic mass is 9.77. The topological polar surface area (TPSA) is 3.24 Å². The van der Waals surface area contributed by atoms with Gasteiger partial charge in [-0.2, -0.15) is 0 Å². The molecule has 0 aromatic heterocycles. The zero-order valence-electron chi connectivity index (χ0n) is 11.1. The average Bonchev–Trinajstić information content (AvgIpc) is 2.43. The molecule has 1 heterocycles. The van der Waals surface area contributed by atoms with Gasteiger partial charge in [0.1, 0.15) is 0 Å². The Morgan fingerprint density at radius 1 is 0.947 bits per heavy atom. The van der Waals surface area contributed by atoms with Crippen molar-refractivity contribution < 1.29 is 0 Å². The van der Waals surface area contributed by atoms with Crippen molar-refractivity contribution in [2.24, 2.45) is 0 Å². The van der Waals surface area contributed by atoms with Crippen LogP contribution >= 0.6 is 12.4 Å². The second kappa shape index (κ2) is 4.66. The molecule has 0 unspecified atom stereocenters. The van der Waals surface area contributed by atoms with Crippen molar-refractivity contribution >= 4 is 12.4 Å². The Bertz CT molecular complexity index is 620. The molecule has 0 radical (unpaired) electrons. The summed E-state index contributed by atoms with van der Waals surface area (Å²) in [6.45, 7) is 1.18. The van der Waals surface area contributed by atoms with Gasteiger partial charge < -0.3 is 0 Å². The van der Waals surface area contributed by atoms with Crippen molar-refractivity contribution in [2.75, 3.05) is 13.6 Å². The van der Waals surface area contributed by atoms with Gasteiger partial charge in [-0.3, -0.25) is 4.90 Å². The van der Waals surface area contributed by atoms with Crippen LogP contribution in [-0.4, -0.2) is 18.5 Å². The maximum Gasteiger partial charge on any atom is 0.0394 e. The van der Waals surface area contributed by atoms with Crippen LogP contribution in [0.2, 0.25) is 0 Å². The second-order valence-electron chi connectivity index (χ2n) is 5.49. The third kappa shape index (κ3) is 1.80. The fraction of sp³-hybridized carbons (Fsp3) is 0.294. The molecular formula is C17H18ClN. The van der Waals surface area contributed by atoms with Crippen LogP contribution in [0.5, 0.6) is 0 Å². The van der Waals surface area contributed by atoms with E-state index in [-0.39, 0.29) is 12.4 Å². The van der Waals surface area contributed by atoms with Gasteiger partial charge in [0.25, 0.3) is 0 Å². The lowest BCUT2D eigenvalue weighted by Gasteiger charge is -2.39. The molecule has 0 spiro atoms. The first-order valence-corrected chi connectivity index (χ1v) is 6.75. The van der Waals surface area contributed by atoms with E-state index in [0.717, 1.165) is 6.42 Å². The quantitative estimate of drug-likeness (QED) is 0.703. The molecule has 4 rings (SSSR count). The molecule has 1 aliphatic heterocycles. The van der Waals surface area contributed by atoms with Crippen LogP contribution in [-0.2, 0) is 12.8 Å². The third-order valence-corrected chi connectivity index (χ3v) is 4.52. The van der Waals surface area contributed by atoms with Crippen molar-refractivity contribution in [1.29, 1.82) is 0 Å². The van der Waals surface area contributed by atoms with Crippen LogP contribution in [0.4, 0.5) is 0 Å².